The van der Waals surface area contributed by atoms with Gasteiger partial charge in [0.2, 0.25) is 5.91 Å². The number of rotatable bonds is 5. The van der Waals surface area contributed by atoms with Crippen LogP contribution in [-0.2, 0) is 4.79 Å². The highest BCUT2D eigenvalue weighted by Gasteiger charge is 2.29. The molecule has 3 rings (SSSR count). The van der Waals surface area contributed by atoms with Crippen LogP contribution in [0.3, 0.4) is 0 Å². The monoisotopic (exact) mass is 301 g/mol. The Labute approximate surface area is 128 Å². The van der Waals surface area contributed by atoms with E-state index < -0.39 is 0 Å². The van der Waals surface area contributed by atoms with E-state index >= 15 is 0 Å². The summed E-state index contributed by atoms with van der Waals surface area (Å²) in [5.74, 6) is 0.0583. The van der Waals surface area contributed by atoms with Crippen LogP contribution < -0.4 is 5.32 Å². The van der Waals surface area contributed by atoms with Gasteiger partial charge >= 0.3 is 0 Å². The number of aromatic nitrogens is 1. The Kier molecular flexibility index (Phi) is 4.31. The van der Waals surface area contributed by atoms with E-state index in [-0.39, 0.29) is 11.9 Å². The summed E-state index contributed by atoms with van der Waals surface area (Å²) in [7, 11) is 0. The van der Waals surface area contributed by atoms with Gasteiger partial charge in [0, 0.05) is 6.54 Å². The van der Waals surface area contributed by atoms with Gasteiger partial charge in [-0.1, -0.05) is 18.2 Å². The fourth-order valence-electron chi connectivity index (χ4n) is 2.75. The molecule has 5 heteroatoms. The third-order valence-corrected chi connectivity index (χ3v) is 4.89. The van der Waals surface area contributed by atoms with Crippen molar-refractivity contribution in [3.63, 3.8) is 0 Å². The Balaban J connectivity index is 1.74. The van der Waals surface area contributed by atoms with E-state index in [9.17, 15) is 4.79 Å². The molecule has 1 saturated heterocycles. The minimum atomic E-state index is 0.0583. The summed E-state index contributed by atoms with van der Waals surface area (Å²) < 4.78 is 1.22. The predicted molar refractivity (Wildman–Crippen MR) is 86.4 cm³/mol. The van der Waals surface area contributed by atoms with E-state index in [4.69, 9.17) is 4.98 Å². The first kappa shape index (κ1) is 14.2. The molecule has 2 aromatic rings. The molecule has 4 nitrogen and oxygen atoms in total. The molecule has 0 aliphatic carbocycles. The third-order valence-electron chi connectivity index (χ3n) is 3.75. The molecule has 1 N–H and O–H groups in total. The van der Waals surface area contributed by atoms with Crippen LogP contribution in [0.2, 0.25) is 0 Å². The summed E-state index contributed by atoms with van der Waals surface area (Å²) in [6.45, 7) is 5.54. The van der Waals surface area contributed by atoms with Crippen LogP contribution in [0, 0.1) is 0 Å². The molecule has 1 atom stereocenters. The Hall–Kier alpha value is -1.72. The molecule has 0 bridgehead atoms. The molecule has 1 aromatic carbocycles. The molecule has 1 unspecified atom stereocenters. The van der Waals surface area contributed by atoms with Gasteiger partial charge in [0.1, 0.15) is 5.01 Å². The molecule has 1 aromatic heterocycles. The van der Waals surface area contributed by atoms with Gasteiger partial charge in [0.05, 0.1) is 22.8 Å². The van der Waals surface area contributed by atoms with Crippen molar-refractivity contribution in [2.24, 2.45) is 0 Å². The van der Waals surface area contributed by atoms with Crippen molar-refractivity contribution in [3.05, 3.63) is 41.9 Å². The van der Waals surface area contributed by atoms with Crippen LogP contribution in [0.5, 0.6) is 0 Å². The van der Waals surface area contributed by atoms with Gasteiger partial charge in [-0.3, -0.25) is 9.69 Å². The van der Waals surface area contributed by atoms with Crippen LogP contribution in [0.1, 0.15) is 23.9 Å². The molecule has 0 saturated carbocycles. The van der Waals surface area contributed by atoms with Crippen LogP contribution in [0.25, 0.3) is 10.2 Å². The van der Waals surface area contributed by atoms with Crippen molar-refractivity contribution in [1.82, 2.24) is 15.2 Å². The quantitative estimate of drug-likeness (QED) is 0.864. The third kappa shape index (κ3) is 3.14. The summed E-state index contributed by atoms with van der Waals surface area (Å²) >= 11 is 1.74. The highest BCUT2D eigenvalue weighted by Crippen LogP contribution is 2.35. The average Bonchev–Trinajstić information content (AvgIpc) is 3.10. The second-order valence-electron chi connectivity index (χ2n) is 5.24. The maximum absolute atomic E-state index is 11.9. The maximum atomic E-state index is 11.9. The first-order chi connectivity index (χ1) is 10.3. The number of hydrogen-bond acceptors (Lipinski definition) is 4. The lowest BCUT2D eigenvalue weighted by molar-refractivity contribution is -0.122. The lowest BCUT2D eigenvalue weighted by Gasteiger charge is -2.21. The zero-order valence-electron chi connectivity index (χ0n) is 11.9. The number of carbonyl (C=O) groups excluding carboxylic acids is 1. The number of likely N-dealkylation sites (tertiary alicyclic amines) is 1. The lowest BCUT2D eigenvalue weighted by atomic mass is 10.2. The molecule has 21 heavy (non-hydrogen) atoms. The van der Waals surface area contributed by atoms with E-state index in [0.29, 0.717) is 13.1 Å². The van der Waals surface area contributed by atoms with Crippen molar-refractivity contribution in [1.29, 1.82) is 0 Å². The number of thiazole rings is 1. The molecular formula is C16H19N3OS. The first-order valence-electron chi connectivity index (χ1n) is 7.25. The van der Waals surface area contributed by atoms with Gasteiger partial charge < -0.3 is 5.32 Å². The average molecular weight is 301 g/mol. The molecule has 1 fully saturated rings. The zero-order chi connectivity index (χ0) is 14.7. The van der Waals surface area contributed by atoms with Crippen LogP contribution >= 0.6 is 11.3 Å². The van der Waals surface area contributed by atoms with Gasteiger partial charge in [0.25, 0.3) is 0 Å². The van der Waals surface area contributed by atoms with Crippen molar-refractivity contribution < 1.29 is 4.79 Å². The Morgan fingerprint density at radius 3 is 3.19 bits per heavy atom. The summed E-state index contributed by atoms with van der Waals surface area (Å²) in [6, 6.07) is 8.48. The number of hydrogen-bond donors (Lipinski definition) is 1. The summed E-state index contributed by atoms with van der Waals surface area (Å²) in [4.78, 5) is 18.9. The van der Waals surface area contributed by atoms with E-state index in [1.807, 2.05) is 18.2 Å². The fraction of sp³-hybridized carbons (Fsp3) is 0.375. The number of nitrogens with zero attached hydrogens (tertiary/aromatic N) is 2. The smallest absolute Gasteiger partial charge is 0.234 e. The number of fused-ring (bicyclic) bond motifs is 1. The van der Waals surface area contributed by atoms with Gasteiger partial charge in [0.15, 0.2) is 0 Å². The van der Waals surface area contributed by atoms with E-state index in [0.717, 1.165) is 29.9 Å². The Bertz CT molecular complexity index is 619. The Morgan fingerprint density at radius 2 is 2.38 bits per heavy atom. The lowest BCUT2D eigenvalue weighted by Crippen LogP contribution is -2.36. The first-order valence-corrected chi connectivity index (χ1v) is 8.06. The SMILES string of the molecule is C=CCNC(=O)CN1CCCC1c1nc2ccccc2s1. The minimum Gasteiger partial charge on any atom is -0.352 e. The predicted octanol–water partition coefficient (Wildman–Crippen LogP) is 2.74. The zero-order valence-corrected chi connectivity index (χ0v) is 12.7. The second-order valence-corrected chi connectivity index (χ2v) is 6.30. The molecule has 1 amide bonds. The fourth-order valence-corrected chi connectivity index (χ4v) is 3.89. The maximum Gasteiger partial charge on any atom is 0.234 e. The standard InChI is InChI=1S/C16H19N3OS/c1-2-9-17-15(20)11-19-10-5-7-13(19)16-18-12-6-3-4-8-14(12)21-16/h2-4,6,8,13H,1,5,7,9-11H2,(H,17,20). The normalized spacial score (nSPS) is 19.0. The van der Waals surface area contributed by atoms with Crippen LogP contribution in [0.15, 0.2) is 36.9 Å². The van der Waals surface area contributed by atoms with Crippen molar-refractivity contribution in [2.75, 3.05) is 19.6 Å². The van der Waals surface area contributed by atoms with E-state index in [1.165, 1.54) is 4.70 Å². The van der Waals surface area contributed by atoms with Crippen LogP contribution in [0.4, 0.5) is 0 Å². The summed E-state index contributed by atoms with van der Waals surface area (Å²) in [5, 5.41) is 3.97. The molecule has 110 valence electrons. The van der Waals surface area contributed by atoms with Gasteiger partial charge in [-0.2, -0.15) is 0 Å². The largest absolute Gasteiger partial charge is 0.352 e. The highest BCUT2D eigenvalue weighted by atomic mass is 32.1. The van der Waals surface area contributed by atoms with Gasteiger partial charge in [-0.15, -0.1) is 17.9 Å². The van der Waals surface area contributed by atoms with E-state index in [1.54, 1.807) is 17.4 Å². The number of carbonyl (C=O) groups is 1. The van der Waals surface area contributed by atoms with Crippen LogP contribution in [-0.4, -0.2) is 35.4 Å². The molecule has 1 aliphatic rings. The summed E-state index contributed by atoms with van der Waals surface area (Å²) in [6.07, 6.45) is 3.90. The highest BCUT2D eigenvalue weighted by molar-refractivity contribution is 7.18. The number of amides is 1. The molecule has 2 heterocycles. The number of nitrogens with one attached hydrogen (secondary N) is 1. The topological polar surface area (TPSA) is 45.2 Å². The van der Waals surface area contributed by atoms with Crippen molar-refractivity contribution >= 4 is 27.5 Å². The molecule has 0 spiro atoms. The van der Waals surface area contributed by atoms with Crippen molar-refractivity contribution in [2.45, 2.75) is 18.9 Å². The van der Waals surface area contributed by atoms with Gasteiger partial charge in [-0.25, -0.2) is 4.98 Å². The molecule has 0 radical (unpaired) electrons. The van der Waals surface area contributed by atoms with E-state index in [2.05, 4.69) is 22.9 Å². The van der Waals surface area contributed by atoms with Crippen molar-refractivity contribution in [3.8, 4) is 0 Å². The Morgan fingerprint density at radius 1 is 1.52 bits per heavy atom. The second kappa shape index (κ2) is 6.37. The number of para-hydroxylation sites is 1. The number of benzene rings is 1. The van der Waals surface area contributed by atoms with Gasteiger partial charge in [-0.05, 0) is 31.5 Å². The minimum absolute atomic E-state index is 0.0583. The molecular weight excluding hydrogens is 282 g/mol. The summed E-state index contributed by atoms with van der Waals surface area (Å²) in [5.41, 5.74) is 1.06. The molecule has 1 aliphatic heterocycles.